The third-order valence-electron chi connectivity index (χ3n) is 4.03. The number of benzene rings is 2. The van der Waals surface area contributed by atoms with Gasteiger partial charge in [0.15, 0.2) is 0 Å². The zero-order valence-electron chi connectivity index (χ0n) is 13.9. The van der Waals surface area contributed by atoms with Crippen LogP contribution in [0.4, 0.5) is 11.5 Å². The molecule has 0 spiro atoms. The van der Waals surface area contributed by atoms with E-state index in [1.165, 1.54) is 5.56 Å². The van der Waals surface area contributed by atoms with Crippen molar-refractivity contribution in [2.45, 2.75) is 13.3 Å². The number of rotatable bonds is 4. The molecule has 4 nitrogen and oxygen atoms in total. The van der Waals surface area contributed by atoms with E-state index in [0.29, 0.717) is 11.5 Å². The largest absolute Gasteiger partial charge is 0.497 e. The van der Waals surface area contributed by atoms with Crippen molar-refractivity contribution in [3.8, 4) is 16.9 Å². The highest BCUT2D eigenvalue weighted by Crippen LogP contribution is 2.27. The van der Waals surface area contributed by atoms with Gasteiger partial charge in [-0.1, -0.05) is 36.4 Å². The Morgan fingerprint density at radius 1 is 0.958 bits per heavy atom. The van der Waals surface area contributed by atoms with Crippen LogP contribution >= 0.6 is 0 Å². The van der Waals surface area contributed by atoms with E-state index in [2.05, 4.69) is 35.3 Å². The van der Waals surface area contributed by atoms with Crippen LogP contribution in [-0.4, -0.2) is 12.1 Å². The molecule has 122 valence electrons. The fraction of sp³-hybridized carbons (Fsp3) is 0.150. The molecule has 0 aliphatic heterocycles. The molecule has 0 saturated carbocycles. The molecule has 0 aliphatic carbocycles. The number of hydrogen-bond donors (Lipinski definition) is 2. The molecule has 4 N–H and O–H groups in total. The Hall–Kier alpha value is -3.01. The van der Waals surface area contributed by atoms with Gasteiger partial charge in [-0.25, -0.2) is 4.98 Å². The van der Waals surface area contributed by atoms with Crippen molar-refractivity contribution in [1.29, 1.82) is 0 Å². The number of anilines is 2. The zero-order chi connectivity index (χ0) is 17.1. The Morgan fingerprint density at radius 2 is 1.67 bits per heavy atom. The van der Waals surface area contributed by atoms with Crippen molar-refractivity contribution < 1.29 is 4.74 Å². The van der Waals surface area contributed by atoms with E-state index in [0.717, 1.165) is 34.6 Å². The average Bonchev–Trinajstić information content (AvgIpc) is 2.59. The summed E-state index contributed by atoms with van der Waals surface area (Å²) in [4.78, 5) is 4.20. The highest BCUT2D eigenvalue weighted by atomic mass is 16.5. The molecule has 0 aliphatic rings. The quantitative estimate of drug-likeness (QED) is 0.766. The lowest BCUT2D eigenvalue weighted by atomic mass is 9.98. The average molecular weight is 319 g/mol. The van der Waals surface area contributed by atoms with Gasteiger partial charge in [0.2, 0.25) is 0 Å². The number of aryl methyl sites for hydroxylation is 1. The van der Waals surface area contributed by atoms with Crippen LogP contribution in [0.25, 0.3) is 11.1 Å². The van der Waals surface area contributed by atoms with Gasteiger partial charge in [-0.15, -0.1) is 0 Å². The lowest BCUT2D eigenvalue weighted by Crippen LogP contribution is -2.04. The van der Waals surface area contributed by atoms with Gasteiger partial charge in [0, 0.05) is 5.69 Å². The van der Waals surface area contributed by atoms with Gasteiger partial charge >= 0.3 is 0 Å². The van der Waals surface area contributed by atoms with E-state index < -0.39 is 0 Å². The van der Waals surface area contributed by atoms with Crippen LogP contribution in [0.15, 0.2) is 54.6 Å². The molecular weight excluding hydrogens is 298 g/mol. The topological polar surface area (TPSA) is 74.2 Å². The summed E-state index contributed by atoms with van der Waals surface area (Å²) < 4.78 is 5.31. The zero-order valence-corrected chi connectivity index (χ0v) is 13.9. The highest BCUT2D eigenvalue weighted by molar-refractivity contribution is 5.67. The van der Waals surface area contributed by atoms with E-state index in [1.54, 1.807) is 7.11 Å². The van der Waals surface area contributed by atoms with Crippen LogP contribution in [0.5, 0.6) is 5.75 Å². The first-order valence-electron chi connectivity index (χ1n) is 7.81. The first kappa shape index (κ1) is 15.9. The molecule has 0 unspecified atom stereocenters. The molecule has 3 rings (SSSR count). The van der Waals surface area contributed by atoms with Crippen molar-refractivity contribution in [2.75, 3.05) is 18.6 Å². The number of pyridine rings is 1. The Balaban J connectivity index is 1.94. The van der Waals surface area contributed by atoms with Crippen LogP contribution in [0.3, 0.4) is 0 Å². The maximum atomic E-state index is 6.08. The molecule has 3 aromatic rings. The molecule has 0 amide bonds. The number of nitrogen functional groups attached to an aromatic ring is 2. The molecule has 4 heteroatoms. The van der Waals surface area contributed by atoms with Crippen molar-refractivity contribution in [2.24, 2.45) is 0 Å². The SMILES string of the molecule is COc1cccc(-c2cccc(Cc3cc(C)nc(N)c3N)c2)c1. The Labute approximate surface area is 142 Å². The van der Waals surface area contributed by atoms with Crippen LogP contribution in [0, 0.1) is 6.92 Å². The molecule has 0 saturated heterocycles. The summed E-state index contributed by atoms with van der Waals surface area (Å²) in [6, 6.07) is 18.4. The number of nitrogens with two attached hydrogens (primary N) is 2. The van der Waals surface area contributed by atoms with Crippen LogP contribution < -0.4 is 16.2 Å². The van der Waals surface area contributed by atoms with E-state index in [9.17, 15) is 0 Å². The lowest BCUT2D eigenvalue weighted by Gasteiger charge is -2.11. The maximum Gasteiger partial charge on any atom is 0.147 e. The van der Waals surface area contributed by atoms with Gasteiger partial charge < -0.3 is 16.2 Å². The van der Waals surface area contributed by atoms with E-state index in [4.69, 9.17) is 16.2 Å². The summed E-state index contributed by atoms with van der Waals surface area (Å²) in [5.74, 6) is 1.24. The van der Waals surface area contributed by atoms with Gasteiger partial charge in [0.05, 0.1) is 12.8 Å². The smallest absolute Gasteiger partial charge is 0.147 e. The summed E-state index contributed by atoms with van der Waals surface area (Å²) in [7, 11) is 1.68. The van der Waals surface area contributed by atoms with Crippen molar-refractivity contribution in [3.05, 3.63) is 71.4 Å². The summed E-state index contributed by atoms with van der Waals surface area (Å²) in [5, 5.41) is 0. The monoisotopic (exact) mass is 319 g/mol. The first-order chi connectivity index (χ1) is 11.6. The molecule has 24 heavy (non-hydrogen) atoms. The van der Waals surface area contributed by atoms with Crippen molar-refractivity contribution >= 4 is 11.5 Å². The predicted molar refractivity (Wildman–Crippen MR) is 99.0 cm³/mol. The third-order valence-corrected chi connectivity index (χ3v) is 4.03. The predicted octanol–water partition coefficient (Wildman–Crippen LogP) is 3.82. The van der Waals surface area contributed by atoms with Gasteiger partial charge in [-0.2, -0.15) is 0 Å². The lowest BCUT2D eigenvalue weighted by molar-refractivity contribution is 0.415. The third kappa shape index (κ3) is 3.33. The Morgan fingerprint density at radius 3 is 2.42 bits per heavy atom. The molecule has 2 aromatic carbocycles. The Kier molecular flexibility index (Phi) is 4.38. The molecule has 0 radical (unpaired) electrons. The normalized spacial score (nSPS) is 10.6. The summed E-state index contributed by atoms with van der Waals surface area (Å²) in [6.07, 6.45) is 0.719. The van der Waals surface area contributed by atoms with Gasteiger partial charge in [-0.3, -0.25) is 0 Å². The second-order valence-corrected chi connectivity index (χ2v) is 5.83. The Bertz CT molecular complexity index is 875. The number of nitrogens with zero attached hydrogens (tertiary/aromatic N) is 1. The van der Waals surface area contributed by atoms with Crippen LogP contribution in [0.2, 0.25) is 0 Å². The maximum absolute atomic E-state index is 6.08. The minimum atomic E-state index is 0.397. The molecule has 1 aromatic heterocycles. The minimum Gasteiger partial charge on any atom is -0.497 e. The number of hydrogen-bond acceptors (Lipinski definition) is 4. The first-order valence-corrected chi connectivity index (χ1v) is 7.81. The molecule has 0 atom stereocenters. The number of aromatic nitrogens is 1. The molecular formula is C20H21N3O. The van der Waals surface area contributed by atoms with E-state index in [-0.39, 0.29) is 0 Å². The second kappa shape index (κ2) is 6.62. The highest BCUT2D eigenvalue weighted by Gasteiger charge is 2.08. The standard InChI is InChI=1S/C20H21N3O/c1-13-9-17(19(21)20(22)23-13)11-14-5-3-6-15(10-14)16-7-4-8-18(12-16)24-2/h3-10,12H,11,21H2,1-2H3,(H2,22,23). The van der Waals surface area contributed by atoms with Crippen molar-refractivity contribution in [3.63, 3.8) is 0 Å². The number of methoxy groups -OCH3 is 1. The van der Waals surface area contributed by atoms with E-state index in [1.807, 2.05) is 31.2 Å². The second-order valence-electron chi connectivity index (χ2n) is 5.83. The molecule has 0 bridgehead atoms. The van der Waals surface area contributed by atoms with Gasteiger partial charge in [-0.05, 0) is 53.8 Å². The van der Waals surface area contributed by atoms with E-state index >= 15 is 0 Å². The number of ether oxygens (including phenoxy) is 1. The molecule has 1 heterocycles. The van der Waals surface area contributed by atoms with Crippen molar-refractivity contribution in [1.82, 2.24) is 4.98 Å². The van der Waals surface area contributed by atoms with Gasteiger partial charge in [0.25, 0.3) is 0 Å². The fourth-order valence-corrected chi connectivity index (χ4v) is 2.81. The minimum absolute atomic E-state index is 0.397. The summed E-state index contributed by atoms with van der Waals surface area (Å²) in [5.41, 5.74) is 17.8. The summed E-state index contributed by atoms with van der Waals surface area (Å²) in [6.45, 7) is 1.92. The summed E-state index contributed by atoms with van der Waals surface area (Å²) >= 11 is 0. The van der Waals surface area contributed by atoms with Crippen LogP contribution in [-0.2, 0) is 6.42 Å². The van der Waals surface area contributed by atoms with Gasteiger partial charge in [0.1, 0.15) is 11.6 Å². The fourth-order valence-electron chi connectivity index (χ4n) is 2.81. The molecule has 0 fully saturated rings. The van der Waals surface area contributed by atoms with Crippen LogP contribution in [0.1, 0.15) is 16.8 Å².